The molecule has 0 radical (unpaired) electrons. The second kappa shape index (κ2) is 5.41. The highest BCUT2D eigenvalue weighted by Gasteiger charge is 2.25. The van der Waals surface area contributed by atoms with Crippen LogP contribution in [0.1, 0.15) is 24.0 Å². The lowest BCUT2D eigenvalue weighted by Gasteiger charge is -2.30. The molecule has 2 aliphatic heterocycles. The molecule has 4 rings (SSSR count). The van der Waals surface area contributed by atoms with E-state index in [9.17, 15) is 4.79 Å². The van der Waals surface area contributed by atoms with Gasteiger partial charge in [-0.1, -0.05) is 0 Å². The summed E-state index contributed by atoms with van der Waals surface area (Å²) in [6.45, 7) is 4.91. The minimum atomic E-state index is -0.311. The molecule has 0 unspecified atom stereocenters. The van der Waals surface area contributed by atoms with Crippen molar-refractivity contribution >= 4 is 11.0 Å². The van der Waals surface area contributed by atoms with Crippen molar-refractivity contribution in [2.45, 2.75) is 32.4 Å². The van der Waals surface area contributed by atoms with Crippen molar-refractivity contribution in [3.05, 3.63) is 39.7 Å². The van der Waals surface area contributed by atoms with Gasteiger partial charge in [-0.2, -0.15) is 0 Å². The number of hydrogen-bond donors (Lipinski definition) is 0. The topological polar surface area (TPSA) is 51.9 Å². The van der Waals surface area contributed by atoms with Crippen LogP contribution in [0.4, 0.5) is 0 Å². The number of ether oxygens (including phenoxy) is 2. The predicted octanol–water partition coefficient (Wildman–Crippen LogP) is 2.43. The Balaban J connectivity index is 1.69. The fourth-order valence-electron chi connectivity index (χ4n) is 3.33. The molecular weight excluding hydrogens is 282 g/mol. The summed E-state index contributed by atoms with van der Waals surface area (Å²) in [6.07, 6.45) is 2.52. The Labute approximate surface area is 128 Å². The van der Waals surface area contributed by atoms with Crippen LogP contribution in [0.2, 0.25) is 0 Å². The molecule has 2 aromatic rings. The van der Waals surface area contributed by atoms with Gasteiger partial charge in [0.2, 0.25) is 0 Å². The lowest BCUT2D eigenvalue weighted by molar-refractivity contribution is 0.0281. The van der Waals surface area contributed by atoms with Gasteiger partial charge in [-0.3, -0.25) is 4.90 Å². The predicted molar refractivity (Wildman–Crippen MR) is 82.1 cm³/mol. The van der Waals surface area contributed by atoms with Crippen molar-refractivity contribution < 1.29 is 13.9 Å². The minimum Gasteiger partial charge on any atom is -0.478 e. The molecule has 1 fully saturated rings. The zero-order chi connectivity index (χ0) is 15.1. The number of hydrogen-bond acceptors (Lipinski definition) is 5. The van der Waals surface area contributed by atoms with E-state index in [2.05, 4.69) is 4.90 Å². The number of benzene rings is 1. The van der Waals surface area contributed by atoms with Crippen LogP contribution < -0.4 is 10.4 Å². The first-order chi connectivity index (χ1) is 10.7. The highest BCUT2D eigenvalue weighted by molar-refractivity contribution is 5.85. The van der Waals surface area contributed by atoms with Gasteiger partial charge in [-0.05, 0) is 37.5 Å². The largest absolute Gasteiger partial charge is 0.478 e. The fraction of sp³-hybridized carbons (Fsp3) is 0.471. The zero-order valence-electron chi connectivity index (χ0n) is 12.6. The molecule has 3 heterocycles. The average Bonchev–Trinajstić information content (AvgIpc) is 3.00. The molecule has 1 atom stereocenters. The highest BCUT2D eigenvalue weighted by Crippen LogP contribution is 2.33. The average molecular weight is 301 g/mol. The van der Waals surface area contributed by atoms with Crippen LogP contribution in [0.15, 0.2) is 27.4 Å². The second-order valence-corrected chi connectivity index (χ2v) is 6.09. The summed E-state index contributed by atoms with van der Waals surface area (Å²) in [6, 6.07) is 5.46. The quantitative estimate of drug-likeness (QED) is 0.797. The van der Waals surface area contributed by atoms with Gasteiger partial charge in [0.05, 0.1) is 11.7 Å². The van der Waals surface area contributed by atoms with Gasteiger partial charge >= 0.3 is 5.63 Å². The normalized spacial score (nSPS) is 21.8. The first kappa shape index (κ1) is 13.8. The molecule has 1 aromatic carbocycles. The Morgan fingerprint density at radius 3 is 3.09 bits per heavy atom. The maximum atomic E-state index is 11.7. The lowest BCUT2D eigenvalue weighted by atomic mass is 10.0. The van der Waals surface area contributed by atoms with Crippen molar-refractivity contribution in [2.24, 2.45) is 0 Å². The first-order valence-corrected chi connectivity index (χ1v) is 7.74. The number of aryl methyl sites for hydroxylation is 1. The van der Waals surface area contributed by atoms with Crippen LogP contribution in [-0.4, -0.2) is 30.9 Å². The first-order valence-electron chi connectivity index (χ1n) is 7.74. The van der Waals surface area contributed by atoms with E-state index in [1.807, 2.05) is 19.1 Å². The van der Waals surface area contributed by atoms with Gasteiger partial charge in [-0.15, -0.1) is 0 Å². The Bertz CT molecular complexity index is 761. The molecule has 0 bridgehead atoms. The summed E-state index contributed by atoms with van der Waals surface area (Å²) in [5, 5.41) is 0.973. The summed E-state index contributed by atoms with van der Waals surface area (Å²) in [5.74, 6) is 0.810. The molecule has 116 valence electrons. The zero-order valence-corrected chi connectivity index (χ0v) is 12.6. The SMILES string of the molecule is Cc1cc(=O)oc2c3c(ccc12)OCN(C[C@@H]1CCCO1)C3. The molecule has 0 N–H and O–H groups in total. The molecule has 0 spiro atoms. The van der Waals surface area contributed by atoms with Gasteiger partial charge in [0, 0.05) is 31.1 Å². The third kappa shape index (κ3) is 2.40. The molecule has 5 nitrogen and oxygen atoms in total. The van der Waals surface area contributed by atoms with Crippen LogP contribution in [0, 0.1) is 6.92 Å². The molecule has 1 aromatic heterocycles. The highest BCUT2D eigenvalue weighted by atomic mass is 16.5. The lowest BCUT2D eigenvalue weighted by Crippen LogP contribution is -2.37. The smallest absolute Gasteiger partial charge is 0.336 e. The van der Waals surface area contributed by atoms with Crippen LogP contribution in [-0.2, 0) is 11.3 Å². The van der Waals surface area contributed by atoms with Crippen LogP contribution in [0.5, 0.6) is 5.75 Å². The Morgan fingerprint density at radius 2 is 2.27 bits per heavy atom. The second-order valence-electron chi connectivity index (χ2n) is 6.09. The summed E-state index contributed by atoms with van der Waals surface area (Å²) in [7, 11) is 0. The van der Waals surface area contributed by atoms with E-state index >= 15 is 0 Å². The monoisotopic (exact) mass is 301 g/mol. The van der Waals surface area contributed by atoms with Gasteiger partial charge in [-0.25, -0.2) is 4.79 Å². The van der Waals surface area contributed by atoms with Crippen molar-refractivity contribution in [3.63, 3.8) is 0 Å². The van der Waals surface area contributed by atoms with E-state index in [1.165, 1.54) is 6.07 Å². The Hall–Kier alpha value is -1.85. The number of rotatable bonds is 2. The van der Waals surface area contributed by atoms with Crippen molar-refractivity contribution in [2.75, 3.05) is 19.9 Å². The van der Waals surface area contributed by atoms with Gasteiger partial charge in [0.1, 0.15) is 18.1 Å². The third-order valence-corrected chi connectivity index (χ3v) is 4.45. The van der Waals surface area contributed by atoms with E-state index in [4.69, 9.17) is 13.9 Å². The summed E-state index contributed by atoms with van der Waals surface area (Å²) >= 11 is 0. The van der Waals surface area contributed by atoms with Crippen molar-refractivity contribution in [3.8, 4) is 5.75 Å². The van der Waals surface area contributed by atoms with E-state index in [0.717, 1.165) is 54.8 Å². The molecular formula is C17H19NO4. The van der Waals surface area contributed by atoms with Gasteiger partial charge in [0.25, 0.3) is 0 Å². The Morgan fingerprint density at radius 1 is 1.36 bits per heavy atom. The fourth-order valence-corrected chi connectivity index (χ4v) is 3.33. The number of nitrogens with zero attached hydrogens (tertiary/aromatic N) is 1. The van der Waals surface area contributed by atoms with Gasteiger partial charge < -0.3 is 13.9 Å². The van der Waals surface area contributed by atoms with E-state index in [-0.39, 0.29) is 11.7 Å². The maximum absolute atomic E-state index is 11.7. The standard InChI is InChI=1S/C17H19NO4/c1-11-7-16(19)22-17-13(11)4-5-15-14(17)9-18(10-21-15)8-12-3-2-6-20-12/h4-5,7,12H,2-3,6,8-10H2,1H3/t12-/m0/s1. The molecule has 2 aliphatic rings. The van der Waals surface area contributed by atoms with Crippen LogP contribution in [0.25, 0.3) is 11.0 Å². The van der Waals surface area contributed by atoms with E-state index in [1.54, 1.807) is 0 Å². The van der Waals surface area contributed by atoms with Crippen LogP contribution >= 0.6 is 0 Å². The molecule has 0 amide bonds. The molecule has 5 heteroatoms. The van der Waals surface area contributed by atoms with E-state index < -0.39 is 0 Å². The van der Waals surface area contributed by atoms with Gasteiger partial charge in [0.15, 0.2) is 0 Å². The molecule has 22 heavy (non-hydrogen) atoms. The summed E-state index contributed by atoms with van der Waals surface area (Å²) in [4.78, 5) is 13.9. The van der Waals surface area contributed by atoms with Crippen molar-refractivity contribution in [1.29, 1.82) is 0 Å². The molecule has 0 saturated carbocycles. The third-order valence-electron chi connectivity index (χ3n) is 4.45. The van der Waals surface area contributed by atoms with Crippen LogP contribution in [0.3, 0.4) is 0 Å². The maximum Gasteiger partial charge on any atom is 0.336 e. The summed E-state index contributed by atoms with van der Waals surface area (Å²) < 4.78 is 17.0. The van der Waals surface area contributed by atoms with Crippen molar-refractivity contribution in [1.82, 2.24) is 4.90 Å². The van der Waals surface area contributed by atoms with E-state index in [0.29, 0.717) is 12.3 Å². The summed E-state index contributed by atoms with van der Waals surface area (Å²) in [5.41, 5.74) is 2.24. The molecule has 1 saturated heterocycles. The molecule has 0 aliphatic carbocycles. The number of fused-ring (bicyclic) bond motifs is 3. The minimum absolute atomic E-state index is 0.286. The Kier molecular flexibility index (Phi) is 3.39.